The van der Waals surface area contributed by atoms with Crippen molar-refractivity contribution in [2.24, 2.45) is 0 Å². The average Bonchev–Trinajstić information content (AvgIpc) is 3.25. The molecule has 2 aromatic rings. The Bertz CT molecular complexity index is 677. The number of aromatic nitrogens is 1. The van der Waals surface area contributed by atoms with Crippen LogP contribution in [0.2, 0.25) is 0 Å². The van der Waals surface area contributed by atoms with Gasteiger partial charge < -0.3 is 9.88 Å². The van der Waals surface area contributed by atoms with Crippen LogP contribution in [0, 0.1) is 11.3 Å². The van der Waals surface area contributed by atoms with Gasteiger partial charge in [0.05, 0.1) is 5.56 Å². The fourth-order valence-corrected chi connectivity index (χ4v) is 3.55. The molecule has 0 bridgehead atoms. The van der Waals surface area contributed by atoms with Crippen molar-refractivity contribution in [3.8, 4) is 6.07 Å². The molecule has 5 nitrogen and oxygen atoms in total. The molecule has 1 amide bonds. The maximum absolute atomic E-state index is 12.4. The Morgan fingerprint density at radius 1 is 1.41 bits per heavy atom. The molecule has 0 aliphatic carbocycles. The number of piperazine rings is 1. The Hall–Kier alpha value is -2.10. The van der Waals surface area contributed by atoms with Gasteiger partial charge in [-0.05, 0) is 35.4 Å². The molecule has 1 N–H and O–H groups in total. The Morgan fingerprint density at radius 2 is 2.18 bits per heavy atom. The van der Waals surface area contributed by atoms with Crippen LogP contribution in [0.15, 0.2) is 29.1 Å². The van der Waals surface area contributed by atoms with Crippen LogP contribution in [-0.4, -0.2) is 46.9 Å². The van der Waals surface area contributed by atoms with Crippen LogP contribution in [0.5, 0.6) is 0 Å². The van der Waals surface area contributed by atoms with Gasteiger partial charge in [-0.25, -0.2) is 0 Å². The van der Waals surface area contributed by atoms with Gasteiger partial charge in [0.2, 0.25) is 0 Å². The molecule has 114 valence electrons. The second-order valence-corrected chi connectivity index (χ2v) is 6.25. The number of H-pyrrole nitrogens is 1. The molecule has 22 heavy (non-hydrogen) atoms. The van der Waals surface area contributed by atoms with Gasteiger partial charge in [0, 0.05) is 38.4 Å². The molecule has 1 saturated heterocycles. The van der Waals surface area contributed by atoms with Crippen molar-refractivity contribution in [3.05, 3.63) is 45.9 Å². The normalized spacial score (nSPS) is 17.2. The highest BCUT2D eigenvalue weighted by molar-refractivity contribution is 7.07. The summed E-state index contributed by atoms with van der Waals surface area (Å²) in [6, 6.07) is 6.18. The van der Waals surface area contributed by atoms with Gasteiger partial charge in [-0.2, -0.15) is 16.6 Å². The molecule has 1 aliphatic rings. The van der Waals surface area contributed by atoms with Gasteiger partial charge in [0.25, 0.3) is 5.91 Å². The summed E-state index contributed by atoms with van der Waals surface area (Å²) in [5.74, 6) is 0.000543. The lowest BCUT2D eigenvalue weighted by Gasteiger charge is -2.37. The van der Waals surface area contributed by atoms with Crippen LogP contribution in [0.1, 0.15) is 34.6 Å². The SMILES string of the molecule is CC(c1ccsc1)N1CCN(C(=O)c2c[nH]c(C#N)c2)CC1. The van der Waals surface area contributed by atoms with E-state index in [2.05, 4.69) is 33.6 Å². The third-order valence-corrected chi connectivity index (χ3v) is 4.93. The number of rotatable bonds is 3. The summed E-state index contributed by atoms with van der Waals surface area (Å²) in [7, 11) is 0. The molecule has 2 aromatic heterocycles. The molecule has 1 atom stereocenters. The predicted molar refractivity (Wildman–Crippen MR) is 85.7 cm³/mol. The number of carbonyl (C=O) groups is 1. The van der Waals surface area contributed by atoms with Crippen molar-refractivity contribution in [1.29, 1.82) is 5.26 Å². The summed E-state index contributed by atoms with van der Waals surface area (Å²) in [6.45, 7) is 5.40. The maximum Gasteiger partial charge on any atom is 0.255 e. The maximum atomic E-state index is 12.4. The average molecular weight is 314 g/mol. The van der Waals surface area contributed by atoms with Crippen LogP contribution in [-0.2, 0) is 0 Å². The smallest absolute Gasteiger partial charge is 0.255 e. The minimum Gasteiger partial charge on any atom is -0.352 e. The first-order chi connectivity index (χ1) is 10.7. The lowest BCUT2D eigenvalue weighted by Crippen LogP contribution is -2.49. The first-order valence-electron chi connectivity index (χ1n) is 7.33. The molecule has 6 heteroatoms. The number of carbonyl (C=O) groups excluding carboxylic acids is 1. The van der Waals surface area contributed by atoms with E-state index >= 15 is 0 Å². The van der Waals surface area contributed by atoms with E-state index in [1.54, 1.807) is 23.6 Å². The van der Waals surface area contributed by atoms with Crippen molar-refractivity contribution in [2.45, 2.75) is 13.0 Å². The number of nitrogens with zero attached hydrogens (tertiary/aromatic N) is 3. The highest BCUT2D eigenvalue weighted by Crippen LogP contribution is 2.23. The van der Waals surface area contributed by atoms with Gasteiger partial charge in [-0.3, -0.25) is 9.69 Å². The molecular weight excluding hydrogens is 296 g/mol. The molecule has 1 unspecified atom stereocenters. The Balaban J connectivity index is 1.59. The quantitative estimate of drug-likeness (QED) is 0.946. The molecule has 0 aromatic carbocycles. The van der Waals surface area contributed by atoms with Gasteiger partial charge >= 0.3 is 0 Å². The first-order valence-corrected chi connectivity index (χ1v) is 8.27. The number of nitrogens with one attached hydrogen (secondary N) is 1. The lowest BCUT2D eigenvalue weighted by atomic mass is 10.1. The van der Waals surface area contributed by atoms with Gasteiger partial charge in [-0.1, -0.05) is 0 Å². The molecular formula is C16H18N4OS. The van der Waals surface area contributed by atoms with E-state index in [-0.39, 0.29) is 5.91 Å². The zero-order valence-corrected chi connectivity index (χ0v) is 13.3. The monoisotopic (exact) mass is 314 g/mol. The topological polar surface area (TPSA) is 63.1 Å². The van der Waals surface area contributed by atoms with Crippen LogP contribution in [0.3, 0.4) is 0 Å². The summed E-state index contributed by atoms with van der Waals surface area (Å²) < 4.78 is 0. The highest BCUT2D eigenvalue weighted by atomic mass is 32.1. The van der Waals surface area contributed by atoms with Crippen LogP contribution < -0.4 is 0 Å². The highest BCUT2D eigenvalue weighted by Gasteiger charge is 2.25. The van der Waals surface area contributed by atoms with Crippen LogP contribution >= 0.6 is 11.3 Å². The zero-order chi connectivity index (χ0) is 15.5. The Morgan fingerprint density at radius 3 is 2.77 bits per heavy atom. The van der Waals surface area contributed by atoms with Gasteiger partial charge in [0.15, 0.2) is 0 Å². The number of thiophene rings is 1. The largest absolute Gasteiger partial charge is 0.352 e. The fraction of sp³-hybridized carbons (Fsp3) is 0.375. The van der Waals surface area contributed by atoms with Crippen LogP contribution in [0.4, 0.5) is 0 Å². The van der Waals surface area contributed by atoms with E-state index in [4.69, 9.17) is 5.26 Å². The summed E-state index contributed by atoms with van der Waals surface area (Å²) in [5, 5.41) is 13.1. The zero-order valence-electron chi connectivity index (χ0n) is 12.5. The molecule has 0 spiro atoms. The summed E-state index contributed by atoms with van der Waals surface area (Å²) in [6.07, 6.45) is 1.61. The van der Waals surface area contributed by atoms with E-state index in [9.17, 15) is 4.79 Å². The van der Waals surface area contributed by atoms with Crippen molar-refractivity contribution in [2.75, 3.05) is 26.2 Å². The number of nitriles is 1. The fourth-order valence-electron chi connectivity index (χ4n) is 2.80. The summed E-state index contributed by atoms with van der Waals surface area (Å²) in [4.78, 5) is 19.5. The minimum atomic E-state index is 0.000543. The number of hydrogen-bond acceptors (Lipinski definition) is 4. The standard InChI is InChI=1S/C16H18N4OS/c1-12(13-2-7-22-11-13)19-3-5-20(6-4-19)16(21)14-8-15(9-17)18-10-14/h2,7-8,10-12,18H,3-6H2,1H3. The van der Waals surface area contributed by atoms with Gasteiger partial charge in [-0.15, -0.1) is 0 Å². The second-order valence-electron chi connectivity index (χ2n) is 5.47. The predicted octanol–water partition coefficient (Wildman–Crippen LogP) is 2.47. The molecule has 1 aliphatic heterocycles. The van der Waals surface area contributed by atoms with E-state index in [1.165, 1.54) is 5.56 Å². The second kappa shape index (κ2) is 6.34. The third kappa shape index (κ3) is 2.91. The lowest BCUT2D eigenvalue weighted by molar-refractivity contribution is 0.0582. The summed E-state index contributed by atoms with van der Waals surface area (Å²) >= 11 is 1.72. The minimum absolute atomic E-state index is 0.000543. The number of aromatic amines is 1. The molecule has 3 rings (SSSR count). The van der Waals surface area contributed by atoms with Crippen LogP contribution in [0.25, 0.3) is 0 Å². The molecule has 3 heterocycles. The Kier molecular flexibility index (Phi) is 4.27. The number of hydrogen-bond donors (Lipinski definition) is 1. The Labute approximate surface area is 133 Å². The van der Waals surface area contributed by atoms with Gasteiger partial charge in [0.1, 0.15) is 11.8 Å². The van der Waals surface area contributed by atoms with E-state index in [1.807, 2.05) is 11.0 Å². The van der Waals surface area contributed by atoms with Crippen molar-refractivity contribution < 1.29 is 4.79 Å². The molecule has 0 saturated carbocycles. The van der Waals surface area contributed by atoms with E-state index in [0.717, 1.165) is 26.2 Å². The number of amides is 1. The van der Waals surface area contributed by atoms with E-state index in [0.29, 0.717) is 17.3 Å². The molecule has 0 radical (unpaired) electrons. The van der Waals surface area contributed by atoms with Crippen molar-refractivity contribution in [1.82, 2.24) is 14.8 Å². The first kappa shape index (κ1) is 14.8. The van der Waals surface area contributed by atoms with E-state index < -0.39 is 0 Å². The van der Waals surface area contributed by atoms with Crippen molar-refractivity contribution in [3.63, 3.8) is 0 Å². The third-order valence-electron chi connectivity index (χ3n) is 4.23. The van der Waals surface area contributed by atoms with Crippen molar-refractivity contribution >= 4 is 17.2 Å². The summed E-state index contributed by atoms with van der Waals surface area (Å²) in [5.41, 5.74) is 2.33. The molecule has 1 fully saturated rings.